The van der Waals surface area contributed by atoms with Gasteiger partial charge in [0.2, 0.25) is 0 Å². The molecule has 1 aromatic carbocycles. The topological polar surface area (TPSA) is 6.48 Å². The molecule has 0 atom stereocenters. The van der Waals surface area contributed by atoms with Gasteiger partial charge in [0.1, 0.15) is 0 Å². The van der Waals surface area contributed by atoms with Gasteiger partial charge in [0.05, 0.1) is 0 Å². The van der Waals surface area contributed by atoms with Gasteiger partial charge in [0, 0.05) is 43.7 Å². The van der Waals surface area contributed by atoms with E-state index in [9.17, 15) is 0 Å². The van der Waals surface area contributed by atoms with Crippen molar-refractivity contribution in [2.45, 2.75) is 20.4 Å². The summed E-state index contributed by atoms with van der Waals surface area (Å²) >= 11 is 3.63. The van der Waals surface area contributed by atoms with Gasteiger partial charge in [-0.2, -0.15) is 0 Å². The molecule has 0 spiro atoms. The minimum absolute atomic E-state index is 0.778. The molecule has 0 unspecified atom stereocenters. The predicted octanol–water partition coefficient (Wildman–Crippen LogP) is 3.22. The van der Waals surface area contributed by atoms with Crippen LogP contribution in [0.5, 0.6) is 0 Å². The zero-order valence-electron chi connectivity index (χ0n) is 11.4. The summed E-state index contributed by atoms with van der Waals surface area (Å²) in [5, 5.41) is 0. The summed E-state index contributed by atoms with van der Waals surface area (Å²) in [5.74, 6) is 0.778. The van der Waals surface area contributed by atoms with Crippen molar-refractivity contribution in [3.63, 3.8) is 0 Å². The molecule has 2 rings (SSSR count). The molecule has 1 aliphatic heterocycles. The third-order valence-electron chi connectivity index (χ3n) is 3.44. The lowest BCUT2D eigenvalue weighted by Crippen LogP contribution is -2.46. The van der Waals surface area contributed by atoms with Crippen molar-refractivity contribution < 1.29 is 0 Å². The van der Waals surface area contributed by atoms with Gasteiger partial charge in [0.25, 0.3) is 0 Å². The van der Waals surface area contributed by atoms with Crippen LogP contribution in [-0.2, 0) is 6.54 Å². The second kappa shape index (κ2) is 6.69. The van der Waals surface area contributed by atoms with Gasteiger partial charge in [-0.25, -0.2) is 0 Å². The van der Waals surface area contributed by atoms with E-state index in [1.54, 1.807) is 0 Å². The molecule has 1 saturated heterocycles. The van der Waals surface area contributed by atoms with E-state index < -0.39 is 0 Å². The minimum Gasteiger partial charge on any atom is -0.301 e. The maximum absolute atomic E-state index is 3.63. The molecular formula is C15H23BrN2. The smallest absolute Gasteiger partial charge is 0.0246 e. The minimum atomic E-state index is 0.778. The van der Waals surface area contributed by atoms with E-state index >= 15 is 0 Å². The van der Waals surface area contributed by atoms with E-state index in [2.05, 4.69) is 63.8 Å². The molecule has 1 aliphatic rings. The zero-order chi connectivity index (χ0) is 13.0. The predicted molar refractivity (Wildman–Crippen MR) is 80.7 cm³/mol. The van der Waals surface area contributed by atoms with Crippen LogP contribution in [0.4, 0.5) is 0 Å². The van der Waals surface area contributed by atoms with Crippen molar-refractivity contribution in [2.24, 2.45) is 5.92 Å². The largest absolute Gasteiger partial charge is 0.301 e. The maximum Gasteiger partial charge on any atom is 0.0246 e. The van der Waals surface area contributed by atoms with E-state index in [0.717, 1.165) is 12.5 Å². The van der Waals surface area contributed by atoms with E-state index in [0.29, 0.717) is 0 Å². The number of rotatable bonds is 4. The van der Waals surface area contributed by atoms with Gasteiger partial charge in [-0.1, -0.05) is 48.0 Å². The van der Waals surface area contributed by atoms with Gasteiger partial charge in [-0.15, -0.1) is 0 Å². The lowest BCUT2D eigenvalue weighted by atomic mass is 10.1. The highest BCUT2D eigenvalue weighted by Gasteiger charge is 2.17. The highest BCUT2D eigenvalue weighted by molar-refractivity contribution is 9.10. The Kier molecular flexibility index (Phi) is 5.22. The molecule has 0 amide bonds. The Hall–Kier alpha value is -0.380. The monoisotopic (exact) mass is 310 g/mol. The van der Waals surface area contributed by atoms with Crippen molar-refractivity contribution in [1.29, 1.82) is 0 Å². The van der Waals surface area contributed by atoms with E-state index in [1.165, 1.54) is 42.8 Å². The average molecular weight is 311 g/mol. The second-order valence-electron chi connectivity index (χ2n) is 5.56. The van der Waals surface area contributed by atoms with Gasteiger partial charge in [-0.05, 0) is 17.5 Å². The summed E-state index contributed by atoms with van der Waals surface area (Å²) in [7, 11) is 0. The Balaban J connectivity index is 1.82. The first kappa shape index (κ1) is 14.0. The molecule has 0 N–H and O–H groups in total. The Morgan fingerprint density at radius 1 is 1.06 bits per heavy atom. The lowest BCUT2D eigenvalue weighted by molar-refractivity contribution is 0.117. The Labute approximate surface area is 119 Å². The quantitative estimate of drug-likeness (QED) is 0.842. The Morgan fingerprint density at radius 3 is 2.28 bits per heavy atom. The van der Waals surface area contributed by atoms with Crippen LogP contribution < -0.4 is 0 Å². The first-order chi connectivity index (χ1) is 8.65. The molecule has 1 fully saturated rings. The number of nitrogens with zero attached hydrogens (tertiary/aromatic N) is 2. The highest BCUT2D eigenvalue weighted by atomic mass is 79.9. The highest BCUT2D eigenvalue weighted by Crippen LogP contribution is 2.18. The van der Waals surface area contributed by atoms with Crippen molar-refractivity contribution in [2.75, 3.05) is 32.7 Å². The Morgan fingerprint density at radius 2 is 1.67 bits per heavy atom. The Bertz CT molecular complexity index is 371. The van der Waals surface area contributed by atoms with E-state index in [-0.39, 0.29) is 0 Å². The third kappa shape index (κ3) is 4.08. The molecule has 0 bridgehead atoms. The zero-order valence-corrected chi connectivity index (χ0v) is 13.0. The molecule has 2 nitrogen and oxygen atoms in total. The van der Waals surface area contributed by atoms with Crippen molar-refractivity contribution in [3.8, 4) is 0 Å². The van der Waals surface area contributed by atoms with Crippen LogP contribution in [0.15, 0.2) is 28.7 Å². The summed E-state index contributed by atoms with van der Waals surface area (Å²) in [5.41, 5.74) is 1.40. The number of benzene rings is 1. The SMILES string of the molecule is CC(C)CN1CCN(Cc2ccccc2Br)CC1. The van der Waals surface area contributed by atoms with Crippen molar-refractivity contribution in [3.05, 3.63) is 34.3 Å². The molecule has 18 heavy (non-hydrogen) atoms. The fourth-order valence-electron chi connectivity index (χ4n) is 2.51. The number of hydrogen-bond donors (Lipinski definition) is 0. The maximum atomic E-state index is 3.63. The molecule has 1 heterocycles. The number of hydrogen-bond acceptors (Lipinski definition) is 2. The van der Waals surface area contributed by atoms with Crippen molar-refractivity contribution >= 4 is 15.9 Å². The normalized spacial score (nSPS) is 18.4. The summed E-state index contributed by atoms with van der Waals surface area (Å²) in [6.07, 6.45) is 0. The standard InChI is InChI=1S/C15H23BrN2/c1-13(2)11-17-7-9-18(10-8-17)12-14-5-3-4-6-15(14)16/h3-6,13H,7-12H2,1-2H3. The molecule has 0 aliphatic carbocycles. The molecule has 3 heteroatoms. The number of halogens is 1. The second-order valence-corrected chi connectivity index (χ2v) is 6.42. The van der Waals surface area contributed by atoms with Crippen molar-refractivity contribution in [1.82, 2.24) is 9.80 Å². The fourth-order valence-corrected chi connectivity index (χ4v) is 2.92. The molecule has 0 saturated carbocycles. The molecule has 100 valence electrons. The third-order valence-corrected chi connectivity index (χ3v) is 4.21. The lowest BCUT2D eigenvalue weighted by Gasteiger charge is -2.35. The average Bonchev–Trinajstić information content (AvgIpc) is 2.34. The van der Waals surface area contributed by atoms with Gasteiger partial charge in [0.15, 0.2) is 0 Å². The molecule has 0 aromatic heterocycles. The van der Waals surface area contributed by atoms with Gasteiger partial charge in [-0.3, -0.25) is 4.90 Å². The summed E-state index contributed by atoms with van der Waals surface area (Å²) in [4.78, 5) is 5.14. The van der Waals surface area contributed by atoms with Crippen LogP contribution in [0.1, 0.15) is 19.4 Å². The van der Waals surface area contributed by atoms with Crippen LogP contribution >= 0.6 is 15.9 Å². The summed E-state index contributed by atoms with van der Waals surface area (Å²) in [6.45, 7) is 11.7. The molecule has 1 aromatic rings. The summed E-state index contributed by atoms with van der Waals surface area (Å²) < 4.78 is 1.23. The van der Waals surface area contributed by atoms with Gasteiger partial charge < -0.3 is 4.90 Å². The van der Waals surface area contributed by atoms with Crippen LogP contribution in [0.2, 0.25) is 0 Å². The van der Waals surface area contributed by atoms with Crippen LogP contribution in [-0.4, -0.2) is 42.5 Å². The number of piperazine rings is 1. The van der Waals surface area contributed by atoms with Gasteiger partial charge >= 0.3 is 0 Å². The molecular weight excluding hydrogens is 288 g/mol. The van der Waals surface area contributed by atoms with Crippen LogP contribution in [0.25, 0.3) is 0 Å². The first-order valence-corrected chi connectivity index (χ1v) is 7.62. The summed E-state index contributed by atoms with van der Waals surface area (Å²) in [6, 6.07) is 8.54. The van der Waals surface area contributed by atoms with Crippen LogP contribution in [0.3, 0.4) is 0 Å². The van der Waals surface area contributed by atoms with Crippen LogP contribution in [0, 0.1) is 5.92 Å². The fraction of sp³-hybridized carbons (Fsp3) is 0.600. The first-order valence-electron chi connectivity index (χ1n) is 6.83. The van der Waals surface area contributed by atoms with E-state index in [1.807, 2.05) is 0 Å². The van der Waals surface area contributed by atoms with E-state index in [4.69, 9.17) is 0 Å². The molecule has 0 radical (unpaired) electrons.